The summed E-state index contributed by atoms with van der Waals surface area (Å²) in [4.78, 5) is 0. The second-order valence-corrected chi connectivity index (χ2v) is 4.82. The molecule has 0 aliphatic carbocycles. The van der Waals surface area contributed by atoms with Crippen LogP contribution in [0.4, 0.5) is 0 Å². The number of fused-ring (bicyclic) bond motifs is 1. The van der Waals surface area contributed by atoms with E-state index in [2.05, 4.69) is 34.1 Å². The molecule has 0 spiro atoms. The zero-order valence-electron chi connectivity index (χ0n) is 10.1. The minimum Gasteiger partial charge on any atom is -0.491 e. The number of rotatable bonds is 6. The third-order valence-corrected chi connectivity index (χ3v) is 3.03. The van der Waals surface area contributed by atoms with Crippen LogP contribution in [-0.4, -0.2) is 26.4 Å². The highest BCUT2D eigenvalue weighted by molar-refractivity contribution is 9.10. The van der Waals surface area contributed by atoms with Gasteiger partial charge in [-0.15, -0.1) is 0 Å². The Morgan fingerprint density at radius 1 is 0.944 bits per heavy atom. The lowest BCUT2D eigenvalue weighted by Crippen LogP contribution is -2.13. The zero-order chi connectivity index (χ0) is 12.8. The molecular formula is C14H16BrNO2. The standard InChI is InChI=1S/C14H16BrNO2/c15-13-3-1-12-10-14(4-2-11(12)9-13)18-8-7-17-6-5-16/h1-4,9-10H,5-8,16H2. The van der Waals surface area contributed by atoms with Crippen molar-refractivity contribution in [3.8, 4) is 5.75 Å². The number of halogens is 1. The average molecular weight is 310 g/mol. The highest BCUT2D eigenvalue weighted by atomic mass is 79.9. The number of hydrogen-bond acceptors (Lipinski definition) is 3. The molecule has 0 unspecified atom stereocenters. The fraction of sp³-hybridized carbons (Fsp3) is 0.286. The lowest BCUT2D eigenvalue weighted by molar-refractivity contribution is 0.106. The van der Waals surface area contributed by atoms with E-state index in [1.54, 1.807) is 0 Å². The lowest BCUT2D eigenvalue weighted by atomic mass is 10.1. The van der Waals surface area contributed by atoms with Gasteiger partial charge in [-0.1, -0.05) is 28.1 Å². The number of nitrogens with two attached hydrogens (primary N) is 1. The maximum absolute atomic E-state index is 5.61. The van der Waals surface area contributed by atoms with E-state index in [1.807, 2.05) is 18.2 Å². The van der Waals surface area contributed by atoms with Crippen LogP contribution in [-0.2, 0) is 4.74 Å². The fourth-order valence-corrected chi connectivity index (χ4v) is 2.07. The summed E-state index contributed by atoms with van der Waals surface area (Å²) in [6.45, 7) is 2.23. The summed E-state index contributed by atoms with van der Waals surface area (Å²) in [5.41, 5.74) is 5.33. The summed E-state index contributed by atoms with van der Waals surface area (Å²) in [6.07, 6.45) is 0. The predicted octanol–water partition coefficient (Wildman–Crippen LogP) is 2.96. The number of benzene rings is 2. The van der Waals surface area contributed by atoms with Crippen molar-refractivity contribution in [2.45, 2.75) is 0 Å². The molecule has 0 atom stereocenters. The first-order valence-corrected chi connectivity index (χ1v) is 6.69. The molecule has 0 radical (unpaired) electrons. The Morgan fingerprint density at radius 3 is 2.56 bits per heavy atom. The Bertz CT molecular complexity index is 516. The molecule has 2 rings (SSSR count). The molecule has 0 aliphatic heterocycles. The molecule has 0 aliphatic rings. The van der Waals surface area contributed by atoms with E-state index in [1.165, 1.54) is 10.8 Å². The maximum atomic E-state index is 5.61. The van der Waals surface area contributed by atoms with E-state index in [-0.39, 0.29) is 0 Å². The molecule has 0 amide bonds. The average Bonchev–Trinajstić information content (AvgIpc) is 2.38. The number of hydrogen-bond donors (Lipinski definition) is 1. The minimum atomic E-state index is 0.544. The monoisotopic (exact) mass is 309 g/mol. The molecule has 0 heterocycles. The molecule has 2 N–H and O–H groups in total. The molecular weight excluding hydrogens is 294 g/mol. The van der Waals surface area contributed by atoms with Crippen molar-refractivity contribution in [2.75, 3.05) is 26.4 Å². The number of ether oxygens (including phenoxy) is 2. The lowest BCUT2D eigenvalue weighted by Gasteiger charge is -2.08. The van der Waals surface area contributed by atoms with E-state index >= 15 is 0 Å². The smallest absolute Gasteiger partial charge is 0.120 e. The van der Waals surface area contributed by atoms with E-state index in [0.717, 1.165) is 10.2 Å². The van der Waals surface area contributed by atoms with E-state index in [4.69, 9.17) is 15.2 Å². The van der Waals surface area contributed by atoms with Crippen molar-refractivity contribution in [3.05, 3.63) is 40.9 Å². The summed E-state index contributed by atoms with van der Waals surface area (Å²) < 4.78 is 11.9. The summed E-state index contributed by atoms with van der Waals surface area (Å²) in [5, 5.41) is 2.36. The predicted molar refractivity (Wildman–Crippen MR) is 77.0 cm³/mol. The first-order chi connectivity index (χ1) is 8.79. The van der Waals surface area contributed by atoms with Gasteiger partial charge in [-0.25, -0.2) is 0 Å². The molecule has 0 bridgehead atoms. The molecule has 3 nitrogen and oxygen atoms in total. The van der Waals surface area contributed by atoms with Crippen LogP contribution < -0.4 is 10.5 Å². The van der Waals surface area contributed by atoms with Gasteiger partial charge in [-0.05, 0) is 35.0 Å². The van der Waals surface area contributed by atoms with Gasteiger partial charge in [0.1, 0.15) is 12.4 Å². The van der Waals surface area contributed by atoms with Crippen LogP contribution in [0, 0.1) is 0 Å². The van der Waals surface area contributed by atoms with Gasteiger partial charge in [0, 0.05) is 11.0 Å². The summed E-state index contributed by atoms with van der Waals surface area (Å²) in [7, 11) is 0. The largest absolute Gasteiger partial charge is 0.491 e. The Morgan fingerprint density at radius 2 is 1.72 bits per heavy atom. The molecule has 0 saturated heterocycles. The first kappa shape index (κ1) is 13.3. The second kappa shape index (κ2) is 6.73. The van der Waals surface area contributed by atoms with Gasteiger partial charge < -0.3 is 15.2 Å². The van der Waals surface area contributed by atoms with Gasteiger partial charge in [0.2, 0.25) is 0 Å². The van der Waals surface area contributed by atoms with Gasteiger partial charge in [0.05, 0.1) is 13.2 Å². The second-order valence-electron chi connectivity index (χ2n) is 3.90. The molecule has 0 aromatic heterocycles. The Kier molecular flexibility index (Phi) is 4.99. The molecule has 96 valence electrons. The van der Waals surface area contributed by atoms with Crippen molar-refractivity contribution in [2.24, 2.45) is 5.73 Å². The van der Waals surface area contributed by atoms with Crippen LogP contribution >= 0.6 is 15.9 Å². The minimum absolute atomic E-state index is 0.544. The quantitative estimate of drug-likeness (QED) is 0.834. The molecule has 18 heavy (non-hydrogen) atoms. The van der Waals surface area contributed by atoms with E-state index in [9.17, 15) is 0 Å². The van der Waals surface area contributed by atoms with Crippen molar-refractivity contribution < 1.29 is 9.47 Å². The third-order valence-electron chi connectivity index (χ3n) is 2.53. The highest BCUT2D eigenvalue weighted by Crippen LogP contribution is 2.23. The summed E-state index contributed by atoms with van der Waals surface area (Å²) in [6, 6.07) is 12.2. The maximum Gasteiger partial charge on any atom is 0.120 e. The van der Waals surface area contributed by atoms with E-state index < -0.39 is 0 Å². The first-order valence-electron chi connectivity index (χ1n) is 5.89. The van der Waals surface area contributed by atoms with Crippen LogP contribution in [0.2, 0.25) is 0 Å². The molecule has 0 saturated carbocycles. The van der Waals surface area contributed by atoms with Gasteiger partial charge in [0.25, 0.3) is 0 Å². The fourth-order valence-electron chi connectivity index (χ4n) is 1.69. The van der Waals surface area contributed by atoms with Crippen molar-refractivity contribution in [3.63, 3.8) is 0 Å². The topological polar surface area (TPSA) is 44.5 Å². The van der Waals surface area contributed by atoms with Crippen molar-refractivity contribution >= 4 is 26.7 Å². The van der Waals surface area contributed by atoms with Crippen LogP contribution in [0.25, 0.3) is 10.8 Å². The van der Waals surface area contributed by atoms with Crippen LogP contribution in [0.15, 0.2) is 40.9 Å². The van der Waals surface area contributed by atoms with Gasteiger partial charge in [-0.3, -0.25) is 0 Å². The van der Waals surface area contributed by atoms with E-state index in [0.29, 0.717) is 26.4 Å². The molecule has 2 aromatic rings. The Labute approximate surface area is 115 Å². The third kappa shape index (κ3) is 3.70. The molecule has 2 aromatic carbocycles. The Balaban J connectivity index is 1.95. The van der Waals surface area contributed by atoms with Crippen LogP contribution in [0.3, 0.4) is 0 Å². The van der Waals surface area contributed by atoms with Gasteiger partial charge in [0.15, 0.2) is 0 Å². The highest BCUT2D eigenvalue weighted by Gasteiger charge is 1.98. The van der Waals surface area contributed by atoms with Crippen molar-refractivity contribution in [1.82, 2.24) is 0 Å². The van der Waals surface area contributed by atoms with Crippen molar-refractivity contribution in [1.29, 1.82) is 0 Å². The molecule has 4 heteroatoms. The SMILES string of the molecule is NCCOCCOc1ccc2cc(Br)ccc2c1. The van der Waals surface area contributed by atoms with Gasteiger partial charge >= 0.3 is 0 Å². The molecule has 0 fully saturated rings. The van der Waals surface area contributed by atoms with Crippen LogP contribution in [0.5, 0.6) is 5.75 Å². The Hall–Kier alpha value is -1.10. The van der Waals surface area contributed by atoms with Gasteiger partial charge in [-0.2, -0.15) is 0 Å². The summed E-state index contributed by atoms with van der Waals surface area (Å²) in [5.74, 6) is 0.862. The van der Waals surface area contributed by atoms with Crippen LogP contribution in [0.1, 0.15) is 0 Å². The normalized spacial score (nSPS) is 10.8. The zero-order valence-corrected chi connectivity index (χ0v) is 11.7. The summed E-state index contributed by atoms with van der Waals surface area (Å²) >= 11 is 3.46.